The van der Waals surface area contributed by atoms with E-state index in [4.69, 9.17) is 23.7 Å². The monoisotopic (exact) mass is 836 g/mol. The molecule has 0 bridgehead atoms. The number of ketones is 1. The van der Waals surface area contributed by atoms with Crippen molar-refractivity contribution in [2.75, 3.05) is 19.0 Å². The number of carbonyl (C=O) groups excluding carboxylic acids is 1. The van der Waals surface area contributed by atoms with Crippen LogP contribution >= 0.6 is 0 Å². The summed E-state index contributed by atoms with van der Waals surface area (Å²) in [5, 5.41) is 19.7. The third-order valence-corrected chi connectivity index (χ3v) is 12.5. The molecule has 5 aromatic carbocycles. The van der Waals surface area contributed by atoms with E-state index in [1.54, 1.807) is 50.2 Å². The van der Waals surface area contributed by atoms with E-state index in [1.165, 1.54) is 48.5 Å². The maximum atomic E-state index is 15.0. The van der Waals surface area contributed by atoms with Gasteiger partial charge in [-0.1, -0.05) is 36.4 Å². The van der Waals surface area contributed by atoms with E-state index in [9.17, 15) is 37.4 Å². The standard InChI is InChI=1S/C46H42F2N2O9S/c1-45(2)55-25-32(58-45)14-11-29-21-30(13-20-43(29)57-31-15-17-34(18-16-31)60(52,53,54)27-33-26-56-46(3,4)59-33)44(51)38-22-28(35-7-5-9-41(47)39(35)23-49)12-19-37(38)36-8-6-10-42(48)40(36)24-50/h5-10,12-13,15-22,32-33H,11,14,25-27H2,1-4H3,(H2,52,53,54). The van der Waals surface area contributed by atoms with Gasteiger partial charge < -0.3 is 32.8 Å². The second kappa shape index (κ2) is 16.1. The van der Waals surface area contributed by atoms with Gasteiger partial charge in [0, 0.05) is 22.3 Å². The second-order valence-corrected chi connectivity index (χ2v) is 18.5. The maximum Gasteiger partial charge on any atom is 0.193 e. The van der Waals surface area contributed by atoms with Crippen molar-refractivity contribution in [3.63, 3.8) is 0 Å². The molecule has 60 heavy (non-hydrogen) atoms. The van der Waals surface area contributed by atoms with Gasteiger partial charge in [-0.15, -0.1) is 0 Å². The molecule has 2 aliphatic heterocycles. The Labute approximate surface area is 346 Å². The molecule has 0 aliphatic carbocycles. The van der Waals surface area contributed by atoms with Gasteiger partial charge in [-0.3, -0.25) is 4.79 Å². The summed E-state index contributed by atoms with van der Waals surface area (Å²) in [5.41, 5.74) is 1.37. The van der Waals surface area contributed by atoms with Crippen molar-refractivity contribution in [1.82, 2.24) is 0 Å². The minimum absolute atomic E-state index is 0.0360. The van der Waals surface area contributed by atoms with E-state index in [2.05, 4.69) is 0 Å². The third kappa shape index (κ3) is 9.06. The van der Waals surface area contributed by atoms with Crippen LogP contribution in [0.4, 0.5) is 8.78 Å². The fourth-order valence-corrected chi connectivity index (χ4v) is 9.16. The van der Waals surface area contributed by atoms with Gasteiger partial charge in [-0.2, -0.15) is 10.5 Å². The molecule has 11 nitrogen and oxygen atoms in total. The van der Waals surface area contributed by atoms with Crippen molar-refractivity contribution in [3.8, 4) is 45.9 Å². The van der Waals surface area contributed by atoms with Gasteiger partial charge in [0.15, 0.2) is 17.4 Å². The Balaban J connectivity index is 1.26. The highest BCUT2D eigenvalue weighted by atomic mass is 32.3. The number of aryl methyl sites for hydroxylation is 1. The van der Waals surface area contributed by atoms with E-state index >= 15 is 0 Å². The molecule has 0 aromatic heterocycles. The van der Waals surface area contributed by atoms with Crippen LogP contribution in [0.2, 0.25) is 0 Å². The molecule has 2 saturated heterocycles. The lowest BCUT2D eigenvalue weighted by molar-refractivity contribution is -0.138. The molecular formula is C46H42F2N2O9S. The summed E-state index contributed by atoms with van der Waals surface area (Å²) in [6.45, 7) is 7.35. The van der Waals surface area contributed by atoms with E-state index in [0.29, 0.717) is 36.3 Å². The number of hydrogen-bond donors (Lipinski definition) is 2. The Morgan fingerprint density at radius 3 is 1.98 bits per heavy atom. The molecule has 2 N–H and O–H groups in total. The van der Waals surface area contributed by atoms with Gasteiger partial charge in [-0.25, -0.2) is 13.0 Å². The summed E-state index contributed by atoms with van der Waals surface area (Å²) >= 11 is 0. The minimum Gasteiger partial charge on any atom is -0.457 e. The number of hydrogen-bond acceptors (Lipinski definition) is 9. The van der Waals surface area contributed by atoms with Crippen LogP contribution in [0.3, 0.4) is 0 Å². The van der Waals surface area contributed by atoms with Crippen LogP contribution in [0.1, 0.15) is 66.7 Å². The molecule has 0 radical (unpaired) electrons. The summed E-state index contributed by atoms with van der Waals surface area (Å²) in [7, 11) is -5.34. The van der Waals surface area contributed by atoms with Gasteiger partial charge in [0.05, 0.1) is 47.2 Å². The average molecular weight is 837 g/mol. The lowest BCUT2D eigenvalue weighted by Gasteiger charge is -2.33. The predicted octanol–water partition coefficient (Wildman–Crippen LogP) is 9.43. The predicted molar refractivity (Wildman–Crippen MR) is 218 cm³/mol. The molecule has 7 rings (SSSR count). The van der Waals surface area contributed by atoms with Gasteiger partial charge >= 0.3 is 0 Å². The quantitative estimate of drug-likeness (QED) is 0.115. The largest absolute Gasteiger partial charge is 0.457 e. The number of nitriles is 2. The number of rotatable bonds is 12. The lowest BCUT2D eigenvalue weighted by atomic mass is 9.87. The Bertz CT molecular complexity index is 2640. The highest BCUT2D eigenvalue weighted by Gasteiger charge is 2.42. The Morgan fingerprint density at radius 2 is 1.38 bits per heavy atom. The van der Waals surface area contributed by atoms with Crippen molar-refractivity contribution in [2.24, 2.45) is 0 Å². The molecule has 310 valence electrons. The highest BCUT2D eigenvalue weighted by molar-refractivity contribution is 8.10. The first-order chi connectivity index (χ1) is 28.3. The minimum atomic E-state index is -5.34. The van der Waals surface area contributed by atoms with Gasteiger partial charge in [-0.05, 0) is 118 Å². The molecule has 2 aliphatic rings. The summed E-state index contributed by atoms with van der Waals surface area (Å²) in [6.07, 6.45) is -0.255. The number of ether oxygens (including phenoxy) is 5. The van der Waals surface area contributed by atoms with Crippen LogP contribution in [0.15, 0.2) is 102 Å². The Morgan fingerprint density at radius 1 is 0.783 bits per heavy atom. The zero-order valence-corrected chi connectivity index (χ0v) is 34.1. The van der Waals surface area contributed by atoms with E-state index in [-0.39, 0.29) is 62.3 Å². The van der Waals surface area contributed by atoms with Crippen LogP contribution in [0, 0.1) is 34.3 Å². The van der Waals surface area contributed by atoms with Gasteiger partial charge in [0.25, 0.3) is 0 Å². The van der Waals surface area contributed by atoms with Crippen molar-refractivity contribution >= 4 is 15.4 Å². The molecule has 2 fully saturated rings. The average Bonchev–Trinajstić information content (AvgIpc) is 3.74. The summed E-state index contributed by atoms with van der Waals surface area (Å²) in [6, 6.07) is 26.9. The first-order valence-corrected chi connectivity index (χ1v) is 21.1. The van der Waals surface area contributed by atoms with Crippen molar-refractivity contribution < 1.29 is 50.6 Å². The topological polar surface area (TPSA) is 168 Å². The lowest BCUT2D eigenvalue weighted by Crippen LogP contribution is -2.42. The summed E-state index contributed by atoms with van der Waals surface area (Å²) in [5.74, 6) is -3.73. The van der Waals surface area contributed by atoms with Crippen molar-refractivity contribution in [2.45, 2.75) is 69.2 Å². The number of carbonyl (C=O) groups is 1. The van der Waals surface area contributed by atoms with Gasteiger partial charge in [0.1, 0.15) is 44.9 Å². The molecule has 2 atom stereocenters. The van der Waals surface area contributed by atoms with Crippen molar-refractivity contribution in [1.29, 1.82) is 10.5 Å². The molecule has 0 saturated carbocycles. The number of nitrogens with zero attached hydrogens (tertiary/aromatic N) is 2. The van der Waals surface area contributed by atoms with Gasteiger partial charge in [0.2, 0.25) is 0 Å². The first kappa shape index (κ1) is 42.4. The Kier molecular flexibility index (Phi) is 11.4. The third-order valence-electron chi connectivity index (χ3n) is 10.3. The summed E-state index contributed by atoms with van der Waals surface area (Å²) < 4.78 is 94.4. The zero-order valence-electron chi connectivity index (χ0n) is 33.2. The van der Waals surface area contributed by atoms with Crippen LogP contribution in [0.25, 0.3) is 22.3 Å². The van der Waals surface area contributed by atoms with E-state index in [1.807, 2.05) is 26.0 Å². The van der Waals surface area contributed by atoms with Crippen LogP contribution in [-0.4, -0.2) is 61.8 Å². The van der Waals surface area contributed by atoms with Crippen molar-refractivity contribution in [3.05, 3.63) is 137 Å². The highest BCUT2D eigenvalue weighted by Crippen LogP contribution is 2.38. The molecule has 0 spiro atoms. The fourth-order valence-electron chi connectivity index (χ4n) is 7.45. The number of benzene rings is 5. The van der Waals surface area contributed by atoms with Crippen LogP contribution in [0.5, 0.6) is 11.5 Å². The smallest absolute Gasteiger partial charge is 0.193 e. The number of halogens is 2. The Hall–Kier alpha value is -5.68. The van der Waals surface area contributed by atoms with E-state index < -0.39 is 50.5 Å². The zero-order chi connectivity index (χ0) is 43.1. The van der Waals surface area contributed by atoms with Crippen LogP contribution in [-0.2, 0) is 35.0 Å². The molecule has 5 aromatic rings. The molecular weight excluding hydrogens is 795 g/mol. The first-order valence-electron chi connectivity index (χ1n) is 19.1. The normalized spacial score (nSPS) is 18.9. The summed E-state index contributed by atoms with van der Waals surface area (Å²) in [4.78, 5) is 14.5. The maximum absolute atomic E-state index is 15.0. The molecule has 2 unspecified atom stereocenters. The van der Waals surface area contributed by atoms with E-state index in [0.717, 1.165) is 12.1 Å². The molecule has 14 heteroatoms. The van der Waals surface area contributed by atoms with Crippen LogP contribution < -0.4 is 4.74 Å². The SMILES string of the molecule is CC1(C)OCC(CCc2cc(C(=O)c3cc(-c4cccc(F)c4C#N)ccc3-c3cccc(F)c3C#N)ccc2Oc2ccc(S(=O)(O)(O)CC3COC(C)(C)O3)cc2)O1. The second-order valence-electron chi connectivity index (χ2n) is 15.7. The fraction of sp³-hybridized carbons (Fsp3) is 0.283. The molecule has 2 heterocycles. The molecule has 0 amide bonds.